The lowest BCUT2D eigenvalue weighted by Gasteiger charge is -2.25. The fourth-order valence-corrected chi connectivity index (χ4v) is 2.61. The summed E-state index contributed by atoms with van der Waals surface area (Å²) in [5, 5.41) is 12.3. The van der Waals surface area contributed by atoms with Crippen LogP contribution >= 0.6 is 0 Å². The molecule has 3 nitrogen and oxygen atoms in total. The first-order chi connectivity index (χ1) is 9.35. The van der Waals surface area contributed by atoms with Crippen molar-refractivity contribution in [2.45, 2.75) is 25.3 Å². The Morgan fingerprint density at radius 1 is 1.11 bits per heavy atom. The van der Waals surface area contributed by atoms with Crippen LogP contribution < -0.4 is 5.32 Å². The Labute approximate surface area is 112 Å². The van der Waals surface area contributed by atoms with E-state index in [0.29, 0.717) is 11.7 Å². The van der Waals surface area contributed by atoms with Gasteiger partial charge in [-0.1, -0.05) is 30.3 Å². The molecule has 1 atom stereocenters. The fourth-order valence-electron chi connectivity index (χ4n) is 2.61. The van der Waals surface area contributed by atoms with Crippen LogP contribution in [0.15, 0.2) is 42.5 Å². The van der Waals surface area contributed by atoms with E-state index >= 15 is 0 Å². The van der Waals surface area contributed by atoms with Gasteiger partial charge in [0.2, 0.25) is 0 Å². The molecular weight excluding hydrogens is 234 g/mol. The molecule has 0 spiro atoms. The van der Waals surface area contributed by atoms with Gasteiger partial charge in [-0.3, -0.25) is 0 Å². The first-order valence-corrected chi connectivity index (χ1v) is 6.55. The molecule has 1 N–H and O–H groups in total. The van der Waals surface area contributed by atoms with Gasteiger partial charge in [-0.15, -0.1) is 0 Å². The molecule has 0 radical (unpaired) electrons. The van der Waals surface area contributed by atoms with Crippen molar-refractivity contribution in [2.24, 2.45) is 0 Å². The second kappa shape index (κ2) is 5.11. The fraction of sp³-hybridized carbons (Fsp3) is 0.250. The minimum atomic E-state index is 0.399. The predicted octanol–water partition coefficient (Wildman–Crippen LogP) is 2.92. The number of nitrogens with zero attached hydrogens (tertiary/aromatic N) is 2. The van der Waals surface area contributed by atoms with Crippen molar-refractivity contribution in [3.8, 4) is 6.07 Å². The molecule has 0 aliphatic heterocycles. The second-order valence-corrected chi connectivity index (χ2v) is 4.87. The summed E-state index contributed by atoms with van der Waals surface area (Å²) in [6.07, 6.45) is 3.23. The van der Waals surface area contributed by atoms with E-state index in [1.807, 2.05) is 12.1 Å². The molecule has 3 heteroatoms. The minimum Gasteiger partial charge on any atom is -0.367 e. The Balaban J connectivity index is 1.74. The molecule has 0 saturated carbocycles. The molecule has 0 saturated heterocycles. The lowest BCUT2D eigenvalue weighted by molar-refractivity contribution is 0.609. The second-order valence-electron chi connectivity index (χ2n) is 4.87. The highest BCUT2D eigenvalue weighted by Crippen LogP contribution is 2.23. The summed E-state index contributed by atoms with van der Waals surface area (Å²) in [7, 11) is 0. The average molecular weight is 249 g/mol. The van der Waals surface area contributed by atoms with Gasteiger partial charge >= 0.3 is 0 Å². The van der Waals surface area contributed by atoms with Crippen molar-refractivity contribution in [1.29, 1.82) is 5.26 Å². The maximum absolute atomic E-state index is 8.86. The molecule has 2 aromatic rings. The van der Waals surface area contributed by atoms with Crippen molar-refractivity contribution in [1.82, 2.24) is 4.98 Å². The molecule has 1 unspecified atom stereocenters. The highest BCUT2D eigenvalue weighted by atomic mass is 15.0. The van der Waals surface area contributed by atoms with E-state index in [2.05, 4.69) is 40.6 Å². The summed E-state index contributed by atoms with van der Waals surface area (Å²) in [5.74, 6) is 0.795. The summed E-state index contributed by atoms with van der Waals surface area (Å²) in [6.45, 7) is 0. The van der Waals surface area contributed by atoms with E-state index in [0.717, 1.165) is 25.1 Å². The van der Waals surface area contributed by atoms with E-state index in [9.17, 15) is 0 Å². The Bertz CT molecular complexity index is 628. The van der Waals surface area contributed by atoms with Gasteiger partial charge in [0, 0.05) is 6.04 Å². The Kier molecular flexibility index (Phi) is 3.16. The summed E-state index contributed by atoms with van der Waals surface area (Å²) < 4.78 is 0. The number of nitriles is 1. The Hall–Kier alpha value is -2.34. The number of aromatic nitrogens is 1. The number of anilines is 1. The number of hydrogen-bond acceptors (Lipinski definition) is 3. The van der Waals surface area contributed by atoms with E-state index in [-0.39, 0.29) is 0 Å². The Morgan fingerprint density at radius 2 is 1.95 bits per heavy atom. The van der Waals surface area contributed by atoms with E-state index in [1.54, 1.807) is 6.07 Å². The third-order valence-corrected chi connectivity index (χ3v) is 3.56. The molecule has 19 heavy (non-hydrogen) atoms. The smallest absolute Gasteiger partial charge is 0.142 e. The zero-order chi connectivity index (χ0) is 13.1. The molecular formula is C16H15N3. The quantitative estimate of drug-likeness (QED) is 0.890. The summed E-state index contributed by atoms with van der Waals surface area (Å²) in [6, 6.07) is 16.6. The van der Waals surface area contributed by atoms with Crippen molar-refractivity contribution >= 4 is 5.82 Å². The third kappa shape index (κ3) is 2.58. The third-order valence-electron chi connectivity index (χ3n) is 3.56. The number of fused-ring (bicyclic) bond motifs is 1. The minimum absolute atomic E-state index is 0.399. The Morgan fingerprint density at radius 3 is 2.79 bits per heavy atom. The van der Waals surface area contributed by atoms with E-state index in [1.165, 1.54) is 11.1 Å². The summed E-state index contributed by atoms with van der Waals surface area (Å²) in [5.41, 5.74) is 3.34. The standard InChI is InChI=1S/C16H15N3/c17-11-15-6-3-7-16(19-15)18-14-9-8-12-4-1-2-5-13(12)10-14/h1-7,14H,8-10H2,(H,18,19). The number of benzene rings is 1. The highest BCUT2D eigenvalue weighted by molar-refractivity contribution is 5.41. The molecule has 1 aromatic heterocycles. The van der Waals surface area contributed by atoms with Gasteiger partial charge in [-0.05, 0) is 42.5 Å². The van der Waals surface area contributed by atoms with Gasteiger partial charge in [0.1, 0.15) is 17.6 Å². The summed E-state index contributed by atoms with van der Waals surface area (Å²) >= 11 is 0. The van der Waals surface area contributed by atoms with Crippen LogP contribution in [0.1, 0.15) is 23.2 Å². The molecule has 1 aromatic carbocycles. The van der Waals surface area contributed by atoms with E-state index in [4.69, 9.17) is 5.26 Å². The lowest BCUT2D eigenvalue weighted by atomic mass is 9.88. The largest absolute Gasteiger partial charge is 0.367 e. The SMILES string of the molecule is N#Cc1cccc(NC2CCc3ccccc3C2)n1. The lowest BCUT2D eigenvalue weighted by Crippen LogP contribution is -2.27. The van der Waals surface area contributed by atoms with Crippen LogP contribution in [0, 0.1) is 11.3 Å². The van der Waals surface area contributed by atoms with Crippen molar-refractivity contribution in [3.05, 3.63) is 59.3 Å². The molecule has 94 valence electrons. The zero-order valence-corrected chi connectivity index (χ0v) is 10.6. The predicted molar refractivity (Wildman–Crippen MR) is 74.8 cm³/mol. The van der Waals surface area contributed by atoms with E-state index < -0.39 is 0 Å². The van der Waals surface area contributed by atoms with Crippen LogP contribution in [0.5, 0.6) is 0 Å². The zero-order valence-electron chi connectivity index (χ0n) is 10.6. The summed E-state index contributed by atoms with van der Waals surface area (Å²) in [4.78, 5) is 4.27. The van der Waals surface area contributed by atoms with Crippen LogP contribution in [0.25, 0.3) is 0 Å². The van der Waals surface area contributed by atoms with Crippen LogP contribution in [0.3, 0.4) is 0 Å². The van der Waals surface area contributed by atoms with Gasteiger partial charge < -0.3 is 5.32 Å². The average Bonchev–Trinajstić information content (AvgIpc) is 2.47. The van der Waals surface area contributed by atoms with Crippen LogP contribution in [-0.4, -0.2) is 11.0 Å². The first kappa shape index (κ1) is 11.7. The highest BCUT2D eigenvalue weighted by Gasteiger charge is 2.18. The van der Waals surface area contributed by atoms with Crippen LogP contribution in [0.4, 0.5) is 5.82 Å². The molecule has 1 aliphatic carbocycles. The van der Waals surface area contributed by atoms with Crippen LogP contribution in [-0.2, 0) is 12.8 Å². The molecule has 0 fully saturated rings. The maximum atomic E-state index is 8.86. The normalized spacial score (nSPS) is 17.3. The first-order valence-electron chi connectivity index (χ1n) is 6.55. The number of aryl methyl sites for hydroxylation is 1. The van der Waals surface area contributed by atoms with Crippen molar-refractivity contribution in [2.75, 3.05) is 5.32 Å². The van der Waals surface area contributed by atoms with Crippen molar-refractivity contribution in [3.63, 3.8) is 0 Å². The topological polar surface area (TPSA) is 48.7 Å². The molecule has 1 heterocycles. The van der Waals surface area contributed by atoms with Gasteiger partial charge in [0.25, 0.3) is 0 Å². The van der Waals surface area contributed by atoms with Crippen molar-refractivity contribution < 1.29 is 0 Å². The maximum Gasteiger partial charge on any atom is 0.142 e. The number of nitrogens with one attached hydrogen (secondary N) is 1. The molecule has 0 bridgehead atoms. The number of hydrogen-bond donors (Lipinski definition) is 1. The van der Waals surface area contributed by atoms with Gasteiger partial charge in [0.05, 0.1) is 0 Å². The monoisotopic (exact) mass is 249 g/mol. The van der Waals surface area contributed by atoms with Crippen LogP contribution in [0.2, 0.25) is 0 Å². The van der Waals surface area contributed by atoms with Gasteiger partial charge in [0.15, 0.2) is 0 Å². The number of rotatable bonds is 2. The van der Waals surface area contributed by atoms with Gasteiger partial charge in [-0.2, -0.15) is 5.26 Å². The molecule has 3 rings (SSSR count). The van der Waals surface area contributed by atoms with Gasteiger partial charge in [-0.25, -0.2) is 4.98 Å². The molecule has 0 amide bonds. The molecule has 1 aliphatic rings. The number of pyridine rings is 1.